The highest BCUT2D eigenvalue weighted by Crippen LogP contribution is 2.30. The van der Waals surface area contributed by atoms with E-state index in [1.54, 1.807) is 19.2 Å². The van der Waals surface area contributed by atoms with Crippen LogP contribution in [0.1, 0.15) is 19.4 Å². The summed E-state index contributed by atoms with van der Waals surface area (Å²) in [6.07, 6.45) is 0. The summed E-state index contributed by atoms with van der Waals surface area (Å²) in [4.78, 5) is 2.15. The van der Waals surface area contributed by atoms with Crippen molar-refractivity contribution in [1.29, 1.82) is 0 Å². The van der Waals surface area contributed by atoms with Crippen molar-refractivity contribution in [3.8, 4) is 0 Å². The lowest BCUT2D eigenvalue weighted by molar-refractivity contribution is 0.204. The van der Waals surface area contributed by atoms with Crippen LogP contribution in [0.2, 0.25) is 0 Å². The summed E-state index contributed by atoms with van der Waals surface area (Å²) in [5.74, 6) is 0.0762. The molecule has 112 valence electrons. The molecule has 1 aromatic carbocycles. The summed E-state index contributed by atoms with van der Waals surface area (Å²) in [5.41, 5.74) is 6.61. The molecule has 0 aliphatic carbocycles. The third kappa shape index (κ3) is 4.40. The van der Waals surface area contributed by atoms with E-state index in [-0.39, 0.29) is 10.8 Å². The van der Waals surface area contributed by atoms with Gasteiger partial charge in [-0.15, -0.1) is 0 Å². The monoisotopic (exact) mass is 362 g/mol. The van der Waals surface area contributed by atoms with Gasteiger partial charge in [0, 0.05) is 25.8 Å². The standard InChI is InChI=1S/C14H20BrFN2OS/c1-9(2)8-18(6-7-19-3)11-5-4-10(14(17)20)12(15)13(11)16/h4-5,9H,6-8H2,1-3H3,(H2,17,20). The second kappa shape index (κ2) is 7.90. The molecule has 6 heteroatoms. The van der Waals surface area contributed by atoms with Crippen molar-refractivity contribution >= 4 is 38.8 Å². The summed E-state index contributed by atoms with van der Waals surface area (Å²) in [6.45, 7) is 6.11. The molecule has 0 heterocycles. The number of methoxy groups -OCH3 is 1. The molecular formula is C14H20BrFN2OS. The van der Waals surface area contributed by atoms with Gasteiger partial charge in [-0.05, 0) is 34.0 Å². The van der Waals surface area contributed by atoms with Gasteiger partial charge in [-0.25, -0.2) is 4.39 Å². The van der Waals surface area contributed by atoms with E-state index in [2.05, 4.69) is 29.8 Å². The van der Waals surface area contributed by atoms with Crippen LogP contribution in [0.4, 0.5) is 10.1 Å². The van der Waals surface area contributed by atoms with Gasteiger partial charge in [0.2, 0.25) is 0 Å². The van der Waals surface area contributed by atoms with Gasteiger partial charge in [0.1, 0.15) is 4.99 Å². The van der Waals surface area contributed by atoms with E-state index in [1.165, 1.54) is 0 Å². The van der Waals surface area contributed by atoms with Crippen molar-refractivity contribution in [3.05, 3.63) is 28.0 Å². The number of hydrogen-bond donors (Lipinski definition) is 1. The molecule has 0 bridgehead atoms. The first kappa shape index (κ1) is 17.3. The molecule has 1 aromatic rings. The van der Waals surface area contributed by atoms with E-state index in [0.717, 1.165) is 6.54 Å². The largest absolute Gasteiger partial charge is 0.389 e. The number of halogens is 2. The Kier molecular flexibility index (Phi) is 6.85. The molecule has 0 unspecified atom stereocenters. The normalized spacial score (nSPS) is 10.9. The van der Waals surface area contributed by atoms with E-state index >= 15 is 0 Å². The zero-order chi connectivity index (χ0) is 15.3. The molecule has 2 N–H and O–H groups in total. The molecule has 0 fully saturated rings. The summed E-state index contributed by atoms with van der Waals surface area (Å²) in [5, 5.41) is 0. The summed E-state index contributed by atoms with van der Waals surface area (Å²) in [6, 6.07) is 3.46. The minimum absolute atomic E-state index is 0.176. The van der Waals surface area contributed by atoms with Gasteiger partial charge in [0.05, 0.1) is 16.8 Å². The maximum absolute atomic E-state index is 14.5. The first-order valence-electron chi connectivity index (χ1n) is 6.40. The average Bonchev–Trinajstić information content (AvgIpc) is 2.37. The van der Waals surface area contributed by atoms with Gasteiger partial charge in [-0.1, -0.05) is 26.1 Å². The van der Waals surface area contributed by atoms with Crippen molar-refractivity contribution in [2.45, 2.75) is 13.8 Å². The van der Waals surface area contributed by atoms with E-state index in [1.807, 2.05) is 4.90 Å². The quantitative estimate of drug-likeness (QED) is 0.755. The lowest BCUT2D eigenvalue weighted by atomic mass is 10.1. The van der Waals surface area contributed by atoms with Crippen LogP contribution in [0.5, 0.6) is 0 Å². The summed E-state index contributed by atoms with van der Waals surface area (Å²) >= 11 is 8.14. The molecule has 0 amide bonds. The molecule has 3 nitrogen and oxygen atoms in total. The maximum Gasteiger partial charge on any atom is 0.161 e. The zero-order valence-electron chi connectivity index (χ0n) is 12.0. The van der Waals surface area contributed by atoms with Crippen LogP contribution in [0, 0.1) is 11.7 Å². The van der Waals surface area contributed by atoms with Gasteiger partial charge in [0.25, 0.3) is 0 Å². The molecular weight excluding hydrogens is 343 g/mol. The molecule has 0 saturated carbocycles. The topological polar surface area (TPSA) is 38.5 Å². The number of rotatable bonds is 7. The van der Waals surface area contributed by atoms with Crippen LogP contribution >= 0.6 is 28.1 Å². The molecule has 20 heavy (non-hydrogen) atoms. The smallest absolute Gasteiger partial charge is 0.161 e. The predicted octanol–water partition coefficient (Wildman–Crippen LogP) is 3.33. The highest BCUT2D eigenvalue weighted by molar-refractivity contribution is 9.10. The lowest BCUT2D eigenvalue weighted by Gasteiger charge is -2.27. The molecule has 0 aromatic heterocycles. The number of ether oxygens (including phenoxy) is 1. The van der Waals surface area contributed by atoms with Crippen molar-refractivity contribution in [3.63, 3.8) is 0 Å². The van der Waals surface area contributed by atoms with Crippen LogP contribution in [-0.2, 0) is 4.74 Å². The lowest BCUT2D eigenvalue weighted by Crippen LogP contribution is -2.32. The van der Waals surface area contributed by atoms with Crippen LogP contribution in [0.15, 0.2) is 16.6 Å². The maximum atomic E-state index is 14.5. The SMILES string of the molecule is COCCN(CC(C)C)c1ccc(C(N)=S)c(Br)c1F. The van der Waals surface area contributed by atoms with E-state index < -0.39 is 0 Å². The fraction of sp³-hybridized carbons (Fsp3) is 0.500. The highest BCUT2D eigenvalue weighted by Gasteiger charge is 2.18. The molecule has 0 spiro atoms. The molecule has 1 rings (SSSR count). The minimum atomic E-state index is -0.341. The third-order valence-corrected chi connectivity index (χ3v) is 3.81. The zero-order valence-corrected chi connectivity index (χ0v) is 14.4. The second-order valence-electron chi connectivity index (χ2n) is 4.96. The van der Waals surface area contributed by atoms with Crippen LogP contribution < -0.4 is 10.6 Å². The fourth-order valence-electron chi connectivity index (χ4n) is 1.93. The molecule has 0 aliphatic heterocycles. The van der Waals surface area contributed by atoms with Gasteiger partial charge < -0.3 is 15.4 Å². The number of hydrogen-bond acceptors (Lipinski definition) is 3. The number of nitrogens with two attached hydrogens (primary N) is 1. The Morgan fingerprint density at radius 3 is 2.65 bits per heavy atom. The number of anilines is 1. The number of nitrogens with zero attached hydrogens (tertiary/aromatic N) is 1. The molecule has 0 aliphatic rings. The minimum Gasteiger partial charge on any atom is -0.389 e. The van der Waals surface area contributed by atoms with Crippen molar-refractivity contribution in [2.24, 2.45) is 11.7 Å². The van der Waals surface area contributed by atoms with Crippen molar-refractivity contribution in [1.82, 2.24) is 0 Å². The van der Waals surface area contributed by atoms with Crippen LogP contribution in [-0.4, -0.2) is 31.8 Å². The van der Waals surface area contributed by atoms with Crippen LogP contribution in [0.3, 0.4) is 0 Å². The summed E-state index contributed by atoms with van der Waals surface area (Å²) in [7, 11) is 1.63. The predicted molar refractivity (Wildman–Crippen MR) is 88.9 cm³/mol. The van der Waals surface area contributed by atoms with E-state index in [4.69, 9.17) is 22.7 Å². The van der Waals surface area contributed by atoms with Gasteiger partial charge in [-0.2, -0.15) is 0 Å². The van der Waals surface area contributed by atoms with Gasteiger partial charge in [0.15, 0.2) is 5.82 Å². The Hall–Kier alpha value is -0.720. The Morgan fingerprint density at radius 1 is 1.50 bits per heavy atom. The first-order chi connectivity index (χ1) is 9.38. The van der Waals surface area contributed by atoms with E-state index in [0.29, 0.717) is 34.8 Å². The van der Waals surface area contributed by atoms with Gasteiger partial charge in [-0.3, -0.25) is 0 Å². The summed E-state index contributed by atoms with van der Waals surface area (Å²) < 4.78 is 19.9. The average molecular weight is 363 g/mol. The number of thiocarbonyl (C=S) groups is 1. The fourth-order valence-corrected chi connectivity index (χ4v) is 2.78. The first-order valence-corrected chi connectivity index (χ1v) is 7.60. The van der Waals surface area contributed by atoms with Crippen LogP contribution in [0.25, 0.3) is 0 Å². The Labute approximate surface area is 133 Å². The second-order valence-corrected chi connectivity index (χ2v) is 6.19. The third-order valence-electron chi connectivity index (χ3n) is 2.82. The molecule has 0 radical (unpaired) electrons. The number of benzene rings is 1. The van der Waals surface area contributed by atoms with E-state index in [9.17, 15) is 4.39 Å². The molecule has 0 saturated heterocycles. The molecule has 0 atom stereocenters. The highest BCUT2D eigenvalue weighted by atomic mass is 79.9. The Bertz CT molecular complexity index is 482. The van der Waals surface area contributed by atoms with Gasteiger partial charge >= 0.3 is 0 Å². The Morgan fingerprint density at radius 2 is 2.15 bits per heavy atom. The van der Waals surface area contributed by atoms with Crippen molar-refractivity contribution < 1.29 is 9.13 Å². The Balaban J connectivity index is 3.13. The van der Waals surface area contributed by atoms with Crippen molar-refractivity contribution in [2.75, 3.05) is 31.7 Å².